The van der Waals surface area contributed by atoms with E-state index in [0.717, 1.165) is 6.08 Å². The summed E-state index contributed by atoms with van der Waals surface area (Å²) in [4.78, 5) is 15.0. The fraction of sp³-hybridized carbons (Fsp3) is 0. The lowest BCUT2D eigenvalue weighted by Gasteiger charge is -1.91. The van der Waals surface area contributed by atoms with Gasteiger partial charge in [-0.15, -0.1) is 5.10 Å². The maximum atomic E-state index is 11.0. The molecule has 0 fully saturated rings. The zero-order valence-electron chi connectivity index (χ0n) is 7.64. The van der Waals surface area contributed by atoms with E-state index in [2.05, 4.69) is 22.0 Å². The molecular formula is C9H7ClN4O. The van der Waals surface area contributed by atoms with Gasteiger partial charge in [-0.3, -0.25) is 10.1 Å². The molecule has 1 N–H and O–H groups in total. The van der Waals surface area contributed by atoms with Crippen molar-refractivity contribution in [3.8, 4) is 0 Å². The molecule has 0 aliphatic carbocycles. The topological polar surface area (TPSA) is 59.3 Å². The number of nitrogens with zero attached hydrogens (tertiary/aromatic N) is 3. The van der Waals surface area contributed by atoms with Crippen LogP contribution in [0.1, 0.15) is 0 Å². The molecule has 0 aliphatic rings. The molecule has 2 heterocycles. The van der Waals surface area contributed by atoms with Crippen LogP contribution >= 0.6 is 11.6 Å². The van der Waals surface area contributed by atoms with Gasteiger partial charge in [0.05, 0.1) is 0 Å². The summed E-state index contributed by atoms with van der Waals surface area (Å²) >= 11 is 5.78. The number of halogens is 1. The maximum absolute atomic E-state index is 11.0. The van der Waals surface area contributed by atoms with Crippen LogP contribution in [-0.2, 0) is 4.79 Å². The number of anilines is 1. The summed E-state index contributed by atoms with van der Waals surface area (Å²) in [6.45, 7) is 3.33. The Morgan fingerprint density at radius 3 is 3.20 bits per heavy atom. The quantitative estimate of drug-likeness (QED) is 0.784. The van der Waals surface area contributed by atoms with E-state index in [9.17, 15) is 4.79 Å². The molecular weight excluding hydrogens is 216 g/mol. The molecule has 0 spiro atoms. The van der Waals surface area contributed by atoms with Gasteiger partial charge < -0.3 is 0 Å². The summed E-state index contributed by atoms with van der Waals surface area (Å²) in [5.41, 5.74) is 0.571. The van der Waals surface area contributed by atoms with Crippen molar-refractivity contribution < 1.29 is 4.79 Å². The third-order valence-corrected chi connectivity index (χ3v) is 1.96. The first-order valence-electron chi connectivity index (χ1n) is 4.14. The molecule has 0 bridgehead atoms. The minimum atomic E-state index is -0.350. The van der Waals surface area contributed by atoms with Crippen molar-refractivity contribution in [3.05, 3.63) is 36.0 Å². The van der Waals surface area contributed by atoms with Crippen molar-refractivity contribution in [2.24, 2.45) is 0 Å². The monoisotopic (exact) mass is 222 g/mol. The van der Waals surface area contributed by atoms with Crippen LogP contribution in [-0.4, -0.2) is 20.5 Å². The SMILES string of the molecule is C=CC(=O)Nc1nc2cc(Cl)ccn2n1. The van der Waals surface area contributed by atoms with Crippen molar-refractivity contribution >= 4 is 29.1 Å². The highest BCUT2D eigenvalue weighted by Gasteiger charge is 2.05. The minimum Gasteiger partial charge on any atom is -0.290 e. The van der Waals surface area contributed by atoms with Gasteiger partial charge in [-0.1, -0.05) is 18.2 Å². The smallest absolute Gasteiger partial charge is 0.250 e. The van der Waals surface area contributed by atoms with Crippen LogP contribution in [0.15, 0.2) is 31.0 Å². The summed E-state index contributed by atoms with van der Waals surface area (Å²) in [5, 5.41) is 7.03. The number of carbonyl (C=O) groups is 1. The second kappa shape index (κ2) is 3.70. The molecule has 0 atom stereocenters. The van der Waals surface area contributed by atoms with Crippen LogP contribution < -0.4 is 5.32 Å². The average Bonchev–Trinajstić information content (AvgIpc) is 2.59. The lowest BCUT2D eigenvalue weighted by Crippen LogP contribution is -2.08. The Labute approximate surface area is 90.4 Å². The molecule has 76 valence electrons. The van der Waals surface area contributed by atoms with Gasteiger partial charge in [0.25, 0.3) is 0 Å². The molecule has 0 saturated heterocycles. The molecule has 2 aromatic heterocycles. The van der Waals surface area contributed by atoms with Crippen molar-refractivity contribution in [3.63, 3.8) is 0 Å². The third-order valence-electron chi connectivity index (χ3n) is 1.72. The molecule has 2 rings (SSSR count). The number of carbonyl (C=O) groups excluding carboxylic acids is 1. The Balaban J connectivity index is 2.38. The van der Waals surface area contributed by atoms with Crippen LogP contribution in [0.3, 0.4) is 0 Å². The number of rotatable bonds is 2. The maximum Gasteiger partial charge on any atom is 0.250 e. The fourth-order valence-corrected chi connectivity index (χ4v) is 1.22. The van der Waals surface area contributed by atoms with E-state index in [0.29, 0.717) is 10.7 Å². The summed E-state index contributed by atoms with van der Waals surface area (Å²) in [5.74, 6) is -0.126. The molecule has 5 nitrogen and oxygen atoms in total. The first kappa shape index (κ1) is 9.67. The molecule has 0 unspecified atom stereocenters. The highest BCUT2D eigenvalue weighted by atomic mass is 35.5. The summed E-state index contributed by atoms with van der Waals surface area (Å²) < 4.78 is 1.52. The summed E-state index contributed by atoms with van der Waals surface area (Å²) in [7, 11) is 0. The second-order valence-electron chi connectivity index (χ2n) is 2.78. The Hall–Kier alpha value is -1.88. The third kappa shape index (κ3) is 1.97. The number of amides is 1. The Kier molecular flexibility index (Phi) is 2.39. The second-order valence-corrected chi connectivity index (χ2v) is 3.21. The Bertz CT molecular complexity index is 534. The number of hydrogen-bond donors (Lipinski definition) is 1. The van der Waals surface area contributed by atoms with Crippen LogP contribution in [0, 0.1) is 0 Å². The van der Waals surface area contributed by atoms with Crippen LogP contribution in [0.2, 0.25) is 5.02 Å². The predicted molar refractivity (Wildman–Crippen MR) is 56.8 cm³/mol. The number of fused-ring (bicyclic) bond motifs is 1. The van der Waals surface area contributed by atoms with Crippen molar-refractivity contribution in [1.82, 2.24) is 14.6 Å². The molecule has 0 saturated carbocycles. The van der Waals surface area contributed by atoms with Crippen molar-refractivity contribution in [1.29, 1.82) is 0 Å². The number of hydrogen-bond acceptors (Lipinski definition) is 3. The zero-order chi connectivity index (χ0) is 10.8. The van der Waals surface area contributed by atoms with Crippen LogP contribution in [0.4, 0.5) is 5.95 Å². The van der Waals surface area contributed by atoms with Crippen LogP contribution in [0.25, 0.3) is 5.65 Å². The normalized spacial score (nSPS) is 10.2. The van der Waals surface area contributed by atoms with Crippen LogP contribution in [0.5, 0.6) is 0 Å². The highest BCUT2D eigenvalue weighted by Crippen LogP contribution is 2.11. The fourth-order valence-electron chi connectivity index (χ4n) is 1.07. The van der Waals surface area contributed by atoms with E-state index in [1.54, 1.807) is 18.3 Å². The molecule has 0 aromatic carbocycles. The first-order chi connectivity index (χ1) is 7.19. The standard InChI is InChI=1S/C9H7ClN4O/c1-2-8(15)12-9-11-7-5-6(10)3-4-14(7)13-9/h2-5H,1H2,(H,12,13,15). The van der Waals surface area contributed by atoms with Gasteiger partial charge in [0, 0.05) is 17.3 Å². The van der Waals surface area contributed by atoms with Gasteiger partial charge in [-0.05, 0) is 12.1 Å². The predicted octanol–water partition coefficient (Wildman–Crippen LogP) is 1.51. The summed E-state index contributed by atoms with van der Waals surface area (Å²) in [6.07, 6.45) is 2.81. The molecule has 15 heavy (non-hydrogen) atoms. The molecule has 0 aliphatic heterocycles. The number of aromatic nitrogens is 3. The molecule has 1 amide bonds. The van der Waals surface area contributed by atoms with E-state index in [1.165, 1.54) is 4.52 Å². The van der Waals surface area contributed by atoms with E-state index >= 15 is 0 Å². The lowest BCUT2D eigenvalue weighted by atomic mass is 10.5. The van der Waals surface area contributed by atoms with E-state index < -0.39 is 0 Å². The van der Waals surface area contributed by atoms with E-state index in [4.69, 9.17) is 11.6 Å². The van der Waals surface area contributed by atoms with Gasteiger partial charge in [-0.25, -0.2) is 4.52 Å². The summed E-state index contributed by atoms with van der Waals surface area (Å²) in [6, 6.07) is 3.33. The molecule has 6 heteroatoms. The number of pyridine rings is 1. The van der Waals surface area contributed by atoms with Gasteiger partial charge in [-0.2, -0.15) is 4.98 Å². The van der Waals surface area contributed by atoms with E-state index in [1.807, 2.05) is 0 Å². The van der Waals surface area contributed by atoms with Gasteiger partial charge >= 0.3 is 0 Å². The lowest BCUT2D eigenvalue weighted by molar-refractivity contribution is -0.111. The Morgan fingerprint density at radius 2 is 2.47 bits per heavy atom. The molecule has 0 radical (unpaired) electrons. The van der Waals surface area contributed by atoms with Crippen molar-refractivity contribution in [2.75, 3.05) is 5.32 Å². The zero-order valence-corrected chi connectivity index (χ0v) is 8.40. The van der Waals surface area contributed by atoms with Gasteiger partial charge in [0.2, 0.25) is 11.9 Å². The van der Waals surface area contributed by atoms with Gasteiger partial charge in [0.1, 0.15) is 0 Å². The number of nitrogens with one attached hydrogen (secondary N) is 1. The Morgan fingerprint density at radius 1 is 1.67 bits per heavy atom. The largest absolute Gasteiger partial charge is 0.290 e. The highest BCUT2D eigenvalue weighted by molar-refractivity contribution is 6.30. The van der Waals surface area contributed by atoms with E-state index in [-0.39, 0.29) is 11.9 Å². The minimum absolute atomic E-state index is 0.224. The molecule has 2 aromatic rings. The van der Waals surface area contributed by atoms with Gasteiger partial charge in [0.15, 0.2) is 5.65 Å². The van der Waals surface area contributed by atoms with Crippen molar-refractivity contribution in [2.45, 2.75) is 0 Å². The first-order valence-corrected chi connectivity index (χ1v) is 4.52. The average molecular weight is 223 g/mol.